The third-order valence-electron chi connectivity index (χ3n) is 4.53. The summed E-state index contributed by atoms with van der Waals surface area (Å²) in [6.07, 6.45) is 5.56. The van der Waals surface area contributed by atoms with Crippen LogP contribution in [0, 0.1) is 0 Å². The van der Waals surface area contributed by atoms with Crippen LogP contribution in [0.5, 0.6) is 0 Å². The van der Waals surface area contributed by atoms with E-state index in [0.717, 1.165) is 44.6 Å². The molecule has 4 nitrogen and oxygen atoms in total. The lowest BCUT2D eigenvalue weighted by Crippen LogP contribution is -2.35. The van der Waals surface area contributed by atoms with Crippen molar-refractivity contribution in [2.24, 2.45) is 7.05 Å². The average Bonchev–Trinajstić information content (AvgIpc) is 3.01. The molecule has 1 aromatic heterocycles. The van der Waals surface area contributed by atoms with Gasteiger partial charge in [-0.05, 0) is 49.1 Å². The van der Waals surface area contributed by atoms with Crippen molar-refractivity contribution in [1.29, 1.82) is 0 Å². The van der Waals surface area contributed by atoms with Crippen LogP contribution < -0.4 is 5.32 Å². The van der Waals surface area contributed by atoms with Crippen LogP contribution in [0.4, 0.5) is 0 Å². The number of aromatic nitrogens is 1. The smallest absolute Gasteiger partial charge is 0.253 e. The van der Waals surface area contributed by atoms with Crippen molar-refractivity contribution in [3.8, 4) is 0 Å². The lowest BCUT2D eigenvalue weighted by Gasteiger charge is -2.26. The molecule has 1 N–H and O–H groups in total. The van der Waals surface area contributed by atoms with Gasteiger partial charge in [0.25, 0.3) is 5.91 Å². The van der Waals surface area contributed by atoms with Gasteiger partial charge >= 0.3 is 0 Å². The van der Waals surface area contributed by atoms with E-state index in [1.54, 1.807) is 0 Å². The number of hydrogen-bond acceptors (Lipinski definition) is 2. The summed E-state index contributed by atoms with van der Waals surface area (Å²) in [5.41, 5.74) is 3.27. The Bertz CT molecular complexity index is 639. The number of carbonyl (C=O) groups excluding carboxylic acids is 1. The van der Waals surface area contributed by atoms with Crippen molar-refractivity contribution < 1.29 is 4.79 Å². The first-order chi connectivity index (χ1) is 11.2. The Hall–Kier alpha value is -2.07. The van der Waals surface area contributed by atoms with E-state index < -0.39 is 0 Å². The summed E-state index contributed by atoms with van der Waals surface area (Å²) in [4.78, 5) is 14.4. The van der Waals surface area contributed by atoms with Crippen LogP contribution >= 0.6 is 0 Å². The zero-order chi connectivity index (χ0) is 16.1. The number of benzene rings is 1. The van der Waals surface area contributed by atoms with E-state index >= 15 is 0 Å². The highest BCUT2D eigenvalue weighted by Crippen LogP contribution is 2.14. The second-order valence-corrected chi connectivity index (χ2v) is 6.26. The number of hydrogen-bond donors (Lipinski definition) is 1. The molecule has 0 bridgehead atoms. The van der Waals surface area contributed by atoms with Crippen LogP contribution in [0.1, 0.15) is 40.9 Å². The minimum absolute atomic E-state index is 0.174. The van der Waals surface area contributed by atoms with Crippen LogP contribution in [-0.4, -0.2) is 28.5 Å². The van der Waals surface area contributed by atoms with Crippen molar-refractivity contribution in [2.45, 2.75) is 32.4 Å². The van der Waals surface area contributed by atoms with Crippen molar-refractivity contribution in [2.75, 3.05) is 13.1 Å². The first kappa shape index (κ1) is 15.8. The quantitative estimate of drug-likeness (QED) is 0.922. The third kappa shape index (κ3) is 4.02. The number of likely N-dealkylation sites (tertiary alicyclic amines) is 1. The molecule has 0 unspecified atom stereocenters. The normalized spacial score (nSPS) is 14.9. The molecule has 4 heteroatoms. The molecule has 1 fully saturated rings. The van der Waals surface area contributed by atoms with Gasteiger partial charge < -0.3 is 14.8 Å². The third-order valence-corrected chi connectivity index (χ3v) is 4.53. The summed E-state index contributed by atoms with van der Waals surface area (Å²) in [5, 5.41) is 3.44. The maximum absolute atomic E-state index is 12.4. The minimum atomic E-state index is 0.174. The van der Waals surface area contributed by atoms with E-state index in [-0.39, 0.29) is 5.91 Å². The highest BCUT2D eigenvalue weighted by Gasteiger charge is 2.17. The summed E-state index contributed by atoms with van der Waals surface area (Å²) in [7, 11) is 2.05. The Balaban J connectivity index is 1.52. The van der Waals surface area contributed by atoms with Crippen LogP contribution in [0.2, 0.25) is 0 Å². The molecule has 2 heterocycles. The molecule has 23 heavy (non-hydrogen) atoms. The second kappa shape index (κ2) is 7.47. The summed E-state index contributed by atoms with van der Waals surface area (Å²) >= 11 is 0. The van der Waals surface area contributed by atoms with Crippen molar-refractivity contribution in [1.82, 2.24) is 14.8 Å². The van der Waals surface area contributed by atoms with Gasteiger partial charge in [-0.15, -0.1) is 0 Å². The number of rotatable bonds is 5. The monoisotopic (exact) mass is 311 g/mol. The van der Waals surface area contributed by atoms with Gasteiger partial charge in [-0.3, -0.25) is 4.79 Å². The van der Waals surface area contributed by atoms with Gasteiger partial charge in [0.1, 0.15) is 0 Å². The Morgan fingerprint density at radius 1 is 1.04 bits per heavy atom. The lowest BCUT2D eigenvalue weighted by atomic mass is 10.1. The molecule has 0 spiro atoms. The second-order valence-electron chi connectivity index (χ2n) is 6.26. The first-order valence-electron chi connectivity index (χ1n) is 8.43. The molecule has 0 atom stereocenters. The number of aryl methyl sites for hydroxylation is 1. The Morgan fingerprint density at radius 2 is 1.78 bits per heavy atom. The fourth-order valence-corrected chi connectivity index (χ4v) is 3.06. The Labute approximate surface area is 138 Å². The van der Waals surface area contributed by atoms with Gasteiger partial charge in [0.05, 0.1) is 0 Å². The van der Waals surface area contributed by atoms with Crippen LogP contribution in [-0.2, 0) is 20.1 Å². The highest BCUT2D eigenvalue weighted by atomic mass is 16.2. The SMILES string of the molecule is Cn1cccc1CNCc1ccc(C(=O)N2CCCCC2)cc1. The summed E-state index contributed by atoms with van der Waals surface area (Å²) in [6, 6.07) is 12.2. The lowest BCUT2D eigenvalue weighted by molar-refractivity contribution is 0.0724. The number of carbonyl (C=O) groups is 1. The van der Waals surface area contributed by atoms with Crippen LogP contribution in [0.3, 0.4) is 0 Å². The fourth-order valence-electron chi connectivity index (χ4n) is 3.06. The number of nitrogens with one attached hydrogen (secondary N) is 1. The zero-order valence-corrected chi connectivity index (χ0v) is 13.8. The maximum atomic E-state index is 12.4. The Morgan fingerprint density at radius 3 is 2.43 bits per heavy atom. The van der Waals surface area contributed by atoms with Crippen molar-refractivity contribution in [3.63, 3.8) is 0 Å². The van der Waals surface area contributed by atoms with Crippen molar-refractivity contribution >= 4 is 5.91 Å². The minimum Gasteiger partial charge on any atom is -0.353 e. The molecular weight excluding hydrogens is 286 g/mol. The molecule has 1 amide bonds. The molecule has 1 aliphatic rings. The predicted molar refractivity (Wildman–Crippen MR) is 92.2 cm³/mol. The molecule has 0 saturated carbocycles. The standard InChI is InChI=1S/C19H25N3O/c1-21-11-5-6-18(21)15-20-14-16-7-9-17(10-8-16)19(23)22-12-3-2-4-13-22/h5-11,20H,2-4,12-15H2,1H3. The number of piperidine rings is 1. The number of amides is 1. The van der Waals surface area contributed by atoms with Gasteiger partial charge in [-0.1, -0.05) is 12.1 Å². The highest BCUT2D eigenvalue weighted by molar-refractivity contribution is 5.94. The molecule has 3 rings (SSSR count). The average molecular weight is 311 g/mol. The fraction of sp³-hybridized carbons (Fsp3) is 0.421. The largest absolute Gasteiger partial charge is 0.353 e. The van der Waals surface area contributed by atoms with Gasteiger partial charge in [-0.2, -0.15) is 0 Å². The van der Waals surface area contributed by atoms with Gasteiger partial charge in [0, 0.05) is 50.7 Å². The molecular formula is C19H25N3O. The molecule has 0 radical (unpaired) electrons. The van der Waals surface area contributed by atoms with Crippen LogP contribution in [0.15, 0.2) is 42.6 Å². The van der Waals surface area contributed by atoms with Crippen LogP contribution in [0.25, 0.3) is 0 Å². The van der Waals surface area contributed by atoms with E-state index in [1.165, 1.54) is 17.7 Å². The van der Waals surface area contributed by atoms with E-state index in [0.29, 0.717) is 0 Å². The molecule has 1 aromatic carbocycles. The molecule has 0 aliphatic carbocycles. The van der Waals surface area contributed by atoms with Gasteiger partial charge in [0.2, 0.25) is 0 Å². The Kier molecular flexibility index (Phi) is 5.13. The zero-order valence-electron chi connectivity index (χ0n) is 13.8. The molecule has 1 saturated heterocycles. The predicted octanol–water partition coefficient (Wildman–Crippen LogP) is 2.94. The van der Waals surface area contributed by atoms with Gasteiger partial charge in [-0.25, -0.2) is 0 Å². The first-order valence-corrected chi connectivity index (χ1v) is 8.43. The summed E-state index contributed by atoms with van der Waals surface area (Å²) in [5.74, 6) is 0.174. The molecule has 122 valence electrons. The summed E-state index contributed by atoms with van der Waals surface area (Å²) in [6.45, 7) is 3.46. The van der Waals surface area contributed by atoms with Gasteiger partial charge in [0.15, 0.2) is 0 Å². The topological polar surface area (TPSA) is 37.3 Å². The van der Waals surface area contributed by atoms with Crippen molar-refractivity contribution in [3.05, 3.63) is 59.4 Å². The summed E-state index contributed by atoms with van der Waals surface area (Å²) < 4.78 is 2.12. The van der Waals surface area contributed by atoms with E-state index in [4.69, 9.17) is 0 Å². The maximum Gasteiger partial charge on any atom is 0.253 e. The molecule has 1 aliphatic heterocycles. The number of nitrogens with zero attached hydrogens (tertiary/aromatic N) is 2. The molecule has 2 aromatic rings. The van der Waals surface area contributed by atoms with E-state index in [2.05, 4.69) is 47.4 Å². The van der Waals surface area contributed by atoms with E-state index in [1.807, 2.05) is 17.0 Å². The van der Waals surface area contributed by atoms with E-state index in [9.17, 15) is 4.79 Å².